The highest BCUT2D eigenvalue weighted by Crippen LogP contribution is 2.12. The number of hydrogen-bond donors (Lipinski definition) is 2. The van der Waals surface area contributed by atoms with E-state index in [9.17, 15) is 22.8 Å². The Kier molecular flexibility index (Phi) is 4.90. The molecule has 9 heteroatoms. The lowest BCUT2D eigenvalue weighted by Crippen LogP contribution is -2.49. The number of nitrogens with one attached hydrogen (secondary N) is 1. The Bertz CT molecular complexity index is 569. The van der Waals surface area contributed by atoms with Crippen molar-refractivity contribution in [3.8, 4) is 0 Å². The Morgan fingerprint density at radius 1 is 1.29 bits per heavy atom. The third-order valence-corrected chi connectivity index (χ3v) is 3.83. The van der Waals surface area contributed by atoms with Crippen molar-refractivity contribution in [1.82, 2.24) is 10.2 Å². The average Bonchev–Trinajstić information content (AvgIpc) is 2.56. The van der Waals surface area contributed by atoms with Gasteiger partial charge in [0.1, 0.15) is 0 Å². The third kappa shape index (κ3) is 4.94. The molecule has 0 spiro atoms. The smallest absolute Gasteiger partial charge is 0.277 e. The summed E-state index contributed by atoms with van der Waals surface area (Å²) in [7, 11) is -4.64. The molecule has 0 saturated carbocycles. The van der Waals surface area contributed by atoms with E-state index >= 15 is 0 Å². The predicted octanol–water partition coefficient (Wildman–Crippen LogP) is -0.527. The number of carbonyl (C=O) groups excluding carboxylic acids is 3. The molecule has 1 aliphatic rings. The van der Waals surface area contributed by atoms with Gasteiger partial charge in [0.05, 0.1) is 0 Å². The first-order valence-corrected chi connectivity index (χ1v) is 7.74. The van der Waals surface area contributed by atoms with E-state index < -0.39 is 38.6 Å². The molecule has 21 heavy (non-hydrogen) atoms. The third-order valence-electron chi connectivity index (χ3n) is 2.67. The lowest BCUT2D eigenvalue weighted by Gasteiger charge is -2.24. The van der Waals surface area contributed by atoms with Crippen molar-refractivity contribution in [2.75, 3.05) is 6.54 Å². The van der Waals surface area contributed by atoms with Crippen molar-refractivity contribution >= 4 is 27.8 Å². The number of carbonyl (C=O) groups is 3. The fourth-order valence-electron chi connectivity index (χ4n) is 1.76. The molecule has 1 unspecified atom stereocenters. The van der Waals surface area contributed by atoms with Gasteiger partial charge in [-0.3, -0.25) is 23.8 Å². The van der Waals surface area contributed by atoms with Gasteiger partial charge in [0.2, 0.25) is 5.91 Å². The van der Waals surface area contributed by atoms with Crippen LogP contribution in [0.5, 0.6) is 0 Å². The van der Waals surface area contributed by atoms with E-state index in [0.29, 0.717) is 0 Å². The maximum atomic E-state index is 11.9. The van der Waals surface area contributed by atoms with Crippen LogP contribution in [-0.4, -0.2) is 52.9 Å². The molecule has 0 aromatic carbocycles. The van der Waals surface area contributed by atoms with Gasteiger partial charge in [-0.1, -0.05) is 0 Å². The lowest BCUT2D eigenvalue weighted by molar-refractivity contribution is -0.137. The topological polar surface area (TPSA) is 121 Å². The second-order valence-electron chi connectivity index (χ2n) is 5.69. The molecule has 3 amide bonds. The van der Waals surface area contributed by atoms with Gasteiger partial charge in [-0.05, 0) is 27.2 Å². The van der Waals surface area contributed by atoms with Crippen molar-refractivity contribution < 1.29 is 27.4 Å². The Labute approximate surface area is 122 Å². The molecule has 0 bridgehead atoms. The van der Waals surface area contributed by atoms with Crippen LogP contribution in [-0.2, 0) is 24.5 Å². The maximum absolute atomic E-state index is 11.9. The first kappa shape index (κ1) is 17.3. The van der Waals surface area contributed by atoms with E-state index in [4.69, 9.17) is 4.55 Å². The van der Waals surface area contributed by atoms with Gasteiger partial charge >= 0.3 is 0 Å². The number of imide groups is 1. The highest BCUT2D eigenvalue weighted by Gasteiger charge is 2.35. The molecule has 0 aromatic rings. The molecular weight excluding hydrogens is 300 g/mol. The van der Waals surface area contributed by atoms with Crippen molar-refractivity contribution in [1.29, 1.82) is 0 Å². The second-order valence-corrected chi connectivity index (χ2v) is 7.29. The molecule has 1 rings (SSSR count). The van der Waals surface area contributed by atoms with E-state index in [1.54, 1.807) is 20.8 Å². The molecule has 8 nitrogen and oxygen atoms in total. The maximum Gasteiger partial charge on any atom is 0.277 e. The summed E-state index contributed by atoms with van der Waals surface area (Å²) in [5, 5.41) is 0.703. The normalized spacial score (nSPS) is 17.2. The molecule has 1 aliphatic heterocycles. The summed E-state index contributed by atoms with van der Waals surface area (Å²) in [5.41, 5.74) is -0.680. The minimum absolute atomic E-state index is 0.271. The number of rotatable bonds is 5. The van der Waals surface area contributed by atoms with Gasteiger partial charge in [-0.25, -0.2) is 0 Å². The summed E-state index contributed by atoms with van der Waals surface area (Å²) in [6.45, 7) is 4.70. The summed E-state index contributed by atoms with van der Waals surface area (Å²) in [6, 6.07) is 0. The summed E-state index contributed by atoms with van der Waals surface area (Å²) in [6.07, 6.45) is 1.74. The standard InChI is InChI=1S/C12H18N2O6S/c1-12(2,3)13-11(17)8(21(18,19)20)6-7-14-9(15)4-5-10(14)16/h4-5,8H,6-7H2,1-3H3,(H,13,17)(H,18,19,20). The zero-order valence-corrected chi connectivity index (χ0v) is 12.8. The van der Waals surface area contributed by atoms with Gasteiger partial charge in [0, 0.05) is 24.2 Å². The van der Waals surface area contributed by atoms with Gasteiger partial charge < -0.3 is 5.32 Å². The summed E-state index contributed by atoms with van der Waals surface area (Å²) in [4.78, 5) is 35.4. The zero-order valence-electron chi connectivity index (χ0n) is 12.0. The van der Waals surface area contributed by atoms with Crippen molar-refractivity contribution in [2.24, 2.45) is 0 Å². The van der Waals surface area contributed by atoms with Crippen LogP contribution in [0.4, 0.5) is 0 Å². The molecule has 0 aliphatic carbocycles. The number of amides is 3. The molecule has 0 fully saturated rings. The van der Waals surface area contributed by atoms with Gasteiger partial charge in [-0.2, -0.15) is 8.42 Å². The number of nitrogens with zero attached hydrogens (tertiary/aromatic N) is 1. The van der Waals surface area contributed by atoms with Crippen molar-refractivity contribution in [3.05, 3.63) is 12.2 Å². The summed E-state index contributed by atoms with van der Waals surface area (Å²) in [5.74, 6) is -2.03. The van der Waals surface area contributed by atoms with Gasteiger partial charge in [0.25, 0.3) is 21.9 Å². The molecule has 0 saturated heterocycles. The van der Waals surface area contributed by atoms with Crippen LogP contribution in [0, 0.1) is 0 Å². The average molecular weight is 318 g/mol. The Morgan fingerprint density at radius 3 is 2.14 bits per heavy atom. The first-order chi connectivity index (χ1) is 9.42. The Hall–Kier alpha value is -1.74. The molecule has 2 N–H and O–H groups in total. The van der Waals surface area contributed by atoms with Crippen LogP contribution in [0.3, 0.4) is 0 Å². The lowest BCUT2D eigenvalue weighted by atomic mass is 10.1. The molecule has 0 aromatic heterocycles. The molecule has 1 atom stereocenters. The van der Waals surface area contributed by atoms with Gasteiger partial charge in [0.15, 0.2) is 5.25 Å². The highest BCUT2D eigenvalue weighted by molar-refractivity contribution is 7.87. The fourth-order valence-corrected chi connectivity index (χ4v) is 2.50. The minimum atomic E-state index is -4.64. The fraction of sp³-hybridized carbons (Fsp3) is 0.583. The van der Waals surface area contributed by atoms with Crippen LogP contribution in [0.25, 0.3) is 0 Å². The second kappa shape index (κ2) is 5.94. The SMILES string of the molecule is CC(C)(C)NC(=O)C(CCN1C(=O)C=CC1=O)S(=O)(=O)O. The van der Waals surface area contributed by atoms with Crippen LogP contribution in [0.2, 0.25) is 0 Å². The first-order valence-electron chi connectivity index (χ1n) is 6.24. The van der Waals surface area contributed by atoms with Crippen molar-refractivity contribution in [3.63, 3.8) is 0 Å². The number of hydrogen-bond acceptors (Lipinski definition) is 5. The zero-order chi connectivity index (χ0) is 16.4. The van der Waals surface area contributed by atoms with E-state index in [1.807, 2.05) is 0 Å². The van der Waals surface area contributed by atoms with E-state index in [2.05, 4.69) is 5.32 Å². The van der Waals surface area contributed by atoms with Crippen LogP contribution in [0.1, 0.15) is 27.2 Å². The van der Waals surface area contributed by atoms with E-state index in [-0.39, 0.29) is 13.0 Å². The largest absolute Gasteiger partial charge is 0.350 e. The summed E-state index contributed by atoms with van der Waals surface area (Å²) >= 11 is 0. The molecule has 118 valence electrons. The van der Waals surface area contributed by atoms with Crippen LogP contribution < -0.4 is 5.32 Å². The van der Waals surface area contributed by atoms with Crippen LogP contribution in [0.15, 0.2) is 12.2 Å². The Balaban J connectivity index is 2.79. The predicted molar refractivity (Wildman–Crippen MR) is 73.7 cm³/mol. The van der Waals surface area contributed by atoms with E-state index in [1.165, 1.54) is 0 Å². The van der Waals surface area contributed by atoms with E-state index in [0.717, 1.165) is 17.1 Å². The molecular formula is C12H18N2O6S. The quantitative estimate of drug-likeness (QED) is 0.519. The highest BCUT2D eigenvalue weighted by atomic mass is 32.2. The Morgan fingerprint density at radius 2 is 1.76 bits per heavy atom. The monoisotopic (exact) mass is 318 g/mol. The van der Waals surface area contributed by atoms with Gasteiger partial charge in [-0.15, -0.1) is 0 Å². The van der Waals surface area contributed by atoms with Crippen LogP contribution >= 0.6 is 0 Å². The van der Waals surface area contributed by atoms with Crippen molar-refractivity contribution in [2.45, 2.75) is 38.0 Å². The summed E-state index contributed by atoms with van der Waals surface area (Å²) < 4.78 is 31.8. The molecule has 1 heterocycles. The molecule has 0 radical (unpaired) electrons. The minimum Gasteiger partial charge on any atom is -0.350 e.